The van der Waals surface area contributed by atoms with Crippen LogP contribution in [0.15, 0.2) is 16.5 Å². The summed E-state index contributed by atoms with van der Waals surface area (Å²) in [6, 6.07) is 3.95. The van der Waals surface area contributed by atoms with E-state index in [0.717, 1.165) is 34.9 Å². The van der Waals surface area contributed by atoms with E-state index in [0.29, 0.717) is 6.54 Å². The van der Waals surface area contributed by atoms with E-state index in [4.69, 9.17) is 10.2 Å². The Kier molecular flexibility index (Phi) is 2.83. The summed E-state index contributed by atoms with van der Waals surface area (Å²) < 4.78 is 7.54. The molecule has 0 bridgehead atoms. The number of nitrogens with two attached hydrogens (primary N) is 1. The van der Waals surface area contributed by atoms with Gasteiger partial charge in [-0.1, -0.05) is 0 Å². The molecule has 86 valence electrons. The Morgan fingerprint density at radius 1 is 1.38 bits per heavy atom. The topological polar surface area (TPSA) is 57.0 Å². The van der Waals surface area contributed by atoms with Crippen molar-refractivity contribution in [1.82, 2.24) is 9.78 Å². The Morgan fingerprint density at radius 3 is 2.69 bits per heavy atom. The summed E-state index contributed by atoms with van der Waals surface area (Å²) >= 11 is 0. The summed E-state index contributed by atoms with van der Waals surface area (Å²) in [4.78, 5) is 0. The molecule has 0 saturated carbocycles. The molecule has 2 rings (SSSR count). The van der Waals surface area contributed by atoms with E-state index in [-0.39, 0.29) is 0 Å². The van der Waals surface area contributed by atoms with E-state index in [1.807, 2.05) is 37.7 Å². The van der Waals surface area contributed by atoms with Crippen molar-refractivity contribution in [1.29, 1.82) is 0 Å². The van der Waals surface area contributed by atoms with Crippen LogP contribution in [0.2, 0.25) is 0 Å². The predicted octanol–water partition coefficient (Wildman–Crippen LogP) is 1.80. The van der Waals surface area contributed by atoms with Crippen molar-refractivity contribution in [2.45, 2.75) is 20.3 Å². The number of furan rings is 1. The predicted molar refractivity (Wildman–Crippen MR) is 63.1 cm³/mol. The van der Waals surface area contributed by atoms with Crippen LogP contribution in [0, 0.1) is 13.8 Å². The maximum Gasteiger partial charge on any atom is 0.137 e. The highest BCUT2D eigenvalue weighted by atomic mass is 16.3. The SMILES string of the molecule is Cc1ccc(-c2c(C)nn(C)c2CCN)o1. The highest BCUT2D eigenvalue weighted by Gasteiger charge is 2.16. The molecule has 0 spiro atoms. The fourth-order valence-corrected chi connectivity index (χ4v) is 2.02. The second-order valence-electron chi connectivity index (χ2n) is 3.98. The minimum absolute atomic E-state index is 0.617. The van der Waals surface area contributed by atoms with Crippen LogP contribution >= 0.6 is 0 Å². The van der Waals surface area contributed by atoms with Crippen LogP contribution in [0.25, 0.3) is 11.3 Å². The van der Waals surface area contributed by atoms with Crippen LogP contribution in [-0.2, 0) is 13.5 Å². The summed E-state index contributed by atoms with van der Waals surface area (Å²) in [7, 11) is 1.94. The molecule has 0 atom stereocenters. The lowest BCUT2D eigenvalue weighted by atomic mass is 10.1. The molecule has 0 aliphatic rings. The van der Waals surface area contributed by atoms with Crippen LogP contribution in [0.3, 0.4) is 0 Å². The molecule has 4 heteroatoms. The highest BCUT2D eigenvalue weighted by Crippen LogP contribution is 2.28. The molecule has 2 aromatic heterocycles. The first-order valence-electron chi connectivity index (χ1n) is 5.43. The van der Waals surface area contributed by atoms with Gasteiger partial charge < -0.3 is 10.2 Å². The van der Waals surface area contributed by atoms with Gasteiger partial charge in [0.1, 0.15) is 11.5 Å². The molecule has 0 aliphatic carbocycles. The van der Waals surface area contributed by atoms with E-state index in [2.05, 4.69) is 5.10 Å². The number of hydrogen-bond donors (Lipinski definition) is 1. The molecule has 16 heavy (non-hydrogen) atoms. The molecular formula is C12H17N3O. The minimum atomic E-state index is 0.617. The number of aryl methyl sites for hydroxylation is 3. The van der Waals surface area contributed by atoms with Gasteiger partial charge >= 0.3 is 0 Å². The first-order valence-corrected chi connectivity index (χ1v) is 5.43. The highest BCUT2D eigenvalue weighted by molar-refractivity contribution is 5.63. The molecular weight excluding hydrogens is 202 g/mol. The van der Waals surface area contributed by atoms with Gasteiger partial charge in [-0.25, -0.2) is 0 Å². The molecule has 0 unspecified atom stereocenters. The molecule has 4 nitrogen and oxygen atoms in total. The van der Waals surface area contributed by atoms with Crippen molar-refractivity contribution < 1.29 is 4.42 Å². The molecule has 0 saturated heterocycles. The van der Waals surface area contributed by atoms with E-state index >= 15 is 0 Å². The smallest absolute Gasteiger partial charge is 0.137 e. The van der Waals surface area contributed by atoms with Crippen molar-refractivity contribution >= 4 is 0 Å². The Morgan fingerprint density at radius 2 is 2.12 bits per heavy atom. The second-order valence-corrected chi connectivity index (χ2v) is 3.98. The van der Waals surface area contributed by atoms with Gasteiger partial charge in [0, 0.05) is 13.5 Å². The number of aromatic nitrogens is 2. The molecule has 0 radical (unpaired) electrons. The van der Waals surface area contributed by atoms with Crippen molar-refractivity contribution in [3.63, 3.8) is 0 Å². The van der Waals surface area contributed by atoms with Gasteiger partial charge in [-0.3, -0.25) is 4.68 Å². The minimum Gasteiger partial charge on any atom is -0.461 e. The quantitative estimate of drug-likeness (QED) is 0.856. The van der Waals surface area contributed by atoms with Crippen molar-refractivity contribution in [3.8, 4) is 11.3 Å². The van der Waals surface area contributed by atoms with Gasteiger partial charge in [-0.2, -0.15) is 5.10 Å². The largest absolute Gasteiger partial charge is 0.461 e. The van der Waals surface area contributed by atoms with E-state index < -0.39 is 0 Å². The van der Waals surface area contributed by atoms with E-state index in [9.17, 15) is 0 Å². The molecule has 2 N–H and O–H groups in total. The van der Waals surface area contributed by atoms with Crippen molar-refractivity contribution in [2.24, 2.45) is 12.8 Å². The molecule has 0 fully saturated rings. The normalized spacial score (nSPS) is 11.0. The van der Waals surface area contributed by atoms with Crippen molar-refractivity contribution in [3.05, 3.63) is 29.3 Å². The van der Waals surface area contributed by atoms with E-state index in [1.54, 1.807) is 0 Å². The zero-order valence-corrected chi connectivity index (χ0v) is 9.95. The maximum atomic E-state index is 5.66. The Balaban J connectivity index is 2.54. The van der Waals surface area contributed by atoms with Crippen LogP contribution in [0.4, 0.5) is 0 Å². The third-order valence-corrected chi connectivity index (χ3v) is 2.71. The fourth-order valence-electron chi connectivity index (χ4n) is 2.02. The second kappa shape index (κ2) is 4.14. The number of hydrogen-bond acceptors (Lipinski definition) is 3. The molecule has 0 amide bonds. The summed E-state index contributed by atoms with van der Waals surface area (Å²) in [5.74, 6) is 1.79. The van der Waals surface area contributed by atoms with Gasteiger partial charge in [-0.05, 0) is 32.5 Å². The lowest BCUT2D eigenvalue weighted by molar-refractivity contribution is 0.547. The molecule has 0 aromatic carbocycles. The lowest BCUT2D eigenvalue weighted by Gasteiger charge is -2.02. The zero-order valence-electron chi connectivity index (χ0n) is 9.95. The standard InChI is InChI=1S/C12H17N3O/c1-8-4-5-11(16-8)12-9(2)14-15(3)10(12)6-7-13/h4-5H,6-7,13H2,1-3H3. The maximum absolute atomic E-state index is 5.66. The van der Waals surface area contributed by atoms with Crippen LogP contribution < -0.4 is 5.73 Å². The first kappa shape index (κ1) is 11.0. The summed E-state index contributed by atoms with van der Waals surface area (Å²) in [5.41, 5.74) is 8.82. The van der Waals surface area contributed by atoms with Gasteiger partial charge in [0.2, 0.25) is 0 Å². The van der Waals surface area contributed by atoms with Crippen LogP contribution in [-0.4, -0.2) is 16.3 Å². The average Bonchev–Trinajstić information content (AvgIpc) is 2.73. The third-order valence-electron chi connectivity index (χ3n) is 2.71. The Bertz CT molecular complexity index is 496. The van der Waals surface area contributed by atoms with Gasteiger partial charge in [0.05, 0.1) is 17.0 Å². The number of rotatable bonds is 3. The molecule has 0 aliphatic heterocycles. The van der Waals surface area contributed by atoms with Crippen molar-refractivity contribution in [2.75, 3.05) is 6.54 Å². The summed E-state index contributed by atoms with van der Waals surface area (Å²) in [5, 5.41) is 4.42. The molecule has 2 aromatic rings. The average molecular weight is 219 g/mol. The molecule has 2 heterocycles. The Labute approximate surface area is 95.1 Å². The first-order chi connectivity index (χ1) is 7.63. The fraction of sp³-hybridized carbons (Fsp3) is 0.417. The van der Waals surface area contributed by atoms with Gasteiger partial charge in [0.15, 0.2) is 0 Å². The van der Waals surface area contributed by atoms with Crippen LogP contribution in [0.5, 0.6) is 0 Å². The monoisotopic (exact) mass is 219 g/mol. The number of nitrogens with zero attached hydrogens (tertiary/aromatic N) is 2. The summed E-state index contributed by atoms with van der Waals surface area (Å²) in [6.45, 7) is 4.55. The van der Waals surface area contributed by atoms with Gasteiger partial charge in [0.25, 0.3) is 0 Å². The van der Waals surface area contributed by atoms with E-state index in [1.165, 1.54) is 0 Å². The van der Waals surface area contributed by atoms with Crippen LogP contribution in [0.1, 0.15) is 17.1 Å². The summed E-state index contributed by atoms with van der Waals surface area (Å²) in [6.07, 6.45) is 0.812. The third kappa shape index (κ3) is 1.76. The van der Waals surface area contributed by atoms with Gasteiger partial charge in [-0.15, -0.1) is 0 Å². The lowest BCUT2D eigenvalue weighted by Crippen LogP contribution is -2.08. The zero-order chi connectivity index (χ0) is 11.7. The Hall–Kier alpha value is -1.55.